The molecule has 1 aromatic carbocycles. The molecule has 0 fully saturated rings. The van der Waals surface area contributed by atoms with E-state index in [0.29, 0.717) is 5.56 Å². The Hall–Kier alpha value is -1.75. The molecule has 0 aliphatic carbocycles. The summed E-state index contributed by atoms with van der Waals surface area (Å²) in [4.78, 5) is 23.8. The molecule has 1 unspecified atom stereocenters. The summed E-state index contributed by atoms with van der Waals surface area (Å²) in [6, 6.07) is 6.14. The third-order valence-electron chi connectivity index (χ3n) is 2.36. The molecule has 0 aliphatic rings. The number of hydrogen-bond acceptors (Lipinski definition) is 3. The lowest BCUT2D eigenvalue weighted by atomic mass is 10.1. The van der Waals surface area contributed by atoms with E-state index in [1.54, 1.807) is 12.1 Å². The fourth-order valence-corrected chi connectivity index (χ4v) is 2.05. The molecule has 0 spiro atoms. The molecule has 0 saturated carbocycles. The lowest BCUT2D eigenvalue weighted by Gasteiger charge is -2.13. The summed E-state index contributed by atoms with van der Waals surface area (Å²) in [5, 5.41) is 11.4. The van der Waals surface area contributed by atoms with Gasteiger partial charge in [0.25, 0.3) is 5.91 Å². The molecule has 96 valence electrons. The van der Waals surface area contributed by atoms with Crippen LogP contribution in [0, 0.1) is 0 Å². The quantitative estimate of drug-likeness (QED) is 0.611. The lowest BCUT2D eigenvalue weighted by molar-refractivity contribution is -0.139. The first-order valence-corrected chi connectivity index (χ1v) is 6.60. The van der Waals surface area contributed by atoms with Gasteiger partial charge in [-0.05, 0) is 24.8 Å². The van der Waals surface area contributed by atoms with Gasteiger partial charge in [0.15, 0.2) is 0 Å². The monoisotopic (exact) mass is 265 g/mol. The predicted octanol–water partition coefficient (Wildman–Crippen LogP) is 2.17. The van der Waals surface area contributed by atoms with E-state index in [1.165, 1.54) is 17.8 Å². The molecule has 18 heavy (non-hydrogen) atoms. The summed E-state index contributed by atoms with van der Waals surface area (Å²) in [6.07, 6.45) is 3.53. The van der Waals surface area contributed by atoms with Gasteiger partial charge in [-0.2, -0.15) is 0 Å². The number of carbonyl (C=O) groups is 2. The van der Waals surface area contributed by atoms with E-state index in [4.69, 9.17) is 5.11 Å². The first kappa shape index (κ1) is 14.3. The minimum Gasteiger partial charge on any atom is -0.480 e. The SMILES string of the molecule is C=CCC(NC(=O)c1ccccc1SC)C(=O)O. The second-order valence-electron chi connectivity index (χ2n) is 3.59. The van der Waals surface area contributed by atoms with E-state index in [-0.39, 0.29) is 12.3 Å². The summed E-state index contributed by atoms with van der Waals surface area (Å²) >= 11 is 1.44. The van der Waals surface area contributed by atoms with Crippen LogP contribution >= 0.6 is 11.8 Å². The van der Waals surface area contributed by atoms with E-state index in [2.05, 4.69) is 11.9 Å². The van der Waals surface area contributed by atoms with Gasteiger partial charge in [-0.3, -0.25) is 4.79 Å². The zero-order valence-electron chi connectivity index (χ0n) is 10.1. The maximum Gasteiger partial charge on any atom is 0.326 e. The standard InChI is InChI=1S/C13H15NO3S/c1-3-6-10(13(16)17)14-12(15)9-7-4-5-8-11(9)18-2/h3-5,7-8,10H,1,6H2,2H3,(H,14,15)(H,16,17). The minimum absolute atomic E-state index is 0.197. The Morgan fingerprint density at radius 3 is 2.72 bits per heavy atom. The number of aliphatic carboxylic acids is 1. The van der Waals surface area contributed by atoms with E-state index in [1.807, 2.05) is 18.4 Å². The van der Waals surface area contributed by atoms with Crippen molar-refractivity contribution in [2.45, 2.75) is 17.4 Å². The molecular formula is C13H15NO3S. The van der Waals surface area contributed by atoms with Crippen LogP contribution in [0.3, 0.4) is 0 Å². The van der Waals surface area contributed by atoms with Gasteiger partial charge in [-0.25, -0.2) is 4.79 Å². The zero-order valence-corrected chi connectivity index (χ0v) is 10.9. The molecule has 1 aromatic rings. The van der Waals surface area contributed by atoms with Crippen LogP contribution in [-0.4, -0.2) is 29.3 Å². The molecule has 4 nitrogen and oxygen atoms in total. The van der Waals surface area contributed by atoms with Gasteiger partial charge in [0.1, 0.15) is 6.04 Å². The Balaban J connectivity index is 2.86. The van der Waals surface area contributed by atoms with Crippen molar-refractivity contribution in [2.24, 2.45) is 0 Å². The van der Waals surface area contributed by atoms with Crippen molar-refractivity contribution < 1.29 is 14.7 Å². The number of hydrogen-bond donors (Lipinski definition) is 2. The Morgan fingerprint density at radius 1 is 1.50 bits per heavy atom. The molecule has 0 heterocycles. The maximum absolute atomic E-state index is 12.0. The molecule has 1 amide bonds. The topological polar surface area (TPSA) is 66.4 Å². The van der Waals surface area contributed by atoms with Gasteiger partial charge < -0.3 is 10.4 Å². The van der Waals surface area contributed by atoms with E-state index in [0.717, 1.165) is 4.90 Å². The lowest BCUT2D eigenvalue weighted by Crippen LogP contribution is -2.40. The molecule has 0 aliphatic heterocycles. The highest BCUT2D eigenvalue weighted by Crippen LogP contribution is 2.19. The van der Waals surface area contributed by atoms with E-state index >= 15 is 0 Å². The summed E-state index contributed by atoms with van der Waals surface area (Å²) in [7, 11) is 0. The molecule has 1 atom stereocenters. The van der Waals surface area contributed by atoms with Crippen molar-refractivity contribution in [2.75, 3.05) is 6.26 Å². The van der Waals surface area contributed by atoms with Crippen LogP contribution in [0.2, 0.25) is 0 Å². The number of carboxylic acid groups (broad SMARTS) is 1. The summed E-state index contributed by atoms with van der Waals surface area (Å²) in [5.74, 6) is -1.45. The number of amides is 1. The van der Waals surface area contributed by atoms with Gasteiger partial charge in [-0.15, -0.1) is 18.3 Å². The van der Waals surface area contributed by atoms with Crippen molar-refractivity contribution >= 4 is 23.6 Å². The average Bonchev–Trinajstić information content (AvgIpc) is 2.37. The van der Waals surface area contributed by atoms with Crippen LogP contribution in [0.5, 0.6) is 0 Å². The molecule has 0 saturated heterocycles. The Bertz CT molecular complexity index is 459. The summed E-state index contributed by atoms with van der Waals surface area (Å²) in [5.41, 5.74) is 0.486. The van der Waals surface area contributed by atoms with Gasteiger partial charge in [-0.1, -0.05) is 18.2 Å². The summed E-state index contributed by atoms with van der Waals surface area (Å²) in [6.45, 7) is 3.48. The molecule has 0 bridgehead atoms. The van der Waals surface area contributed by atoms with Gasteiger partial charge in [0.05, 0.1) is 5.56 Å². The van der Waals surface area contributed by atoms with Crippen LogP contribution < -0.4 is 5.32 Å². The fourth-order valence-electron chi connectivity index (χ4n) is 1.46. The normalized spacial score (nSPS) is 11.6. The van der Waals surface area contributed by atoms with Crippen LogP contribution in [0.1, 0.15) is 16.8 Å². The molecule has 1 rings (SSSR count). The molecule has 5 heteroatoms. The van der Waals surface area contributed by atoms with Crippen LogP contribution in [0.15, 0.2) is 41.8 Å². The first-order chi connectivity index (χ1) is 8.60. The number of nitrogens with one attached hydrogen (secondary N) is 1. The second-order valence-corrected chi connectivity index (χ2v) is 4.44. The Kier molecular flexibility index (Phi) is 5.45. The number of rotatable bonds is 6. The van der Waals surface area contributed by atoms with E-state index in [9.17, 15) is 9.59 Å². The highest BCUT2D eigenvalue weighted by molar-refractivity contribution is 7.98. The zero-order chi connectivity index (χ0) is 13.5. The molecule has 2 N–H and O–H groups in total. The Labute approximate surface area is 110 Å². The van der Waals surface area contributed by atoms with Crippen LogP contribution in [0.25, 0.3) is 0 Å². The van der Waals surface area contributed by atoms with Crippen molar-refractivity contribution in [1.82, 2.24) is 5.32 Å². The average molecular weight is 265 g/mol. The largest absolute Gasteiger partial charge is 0.480 e. The predicted molar refractivity (Wildman–Crippen MR) is 71.9 cm³/mol. The van der Waals surface area contributed by atoms with Gasteiger partial charge in [0.2, 0.25) is 0 Å². The van der Waals surface area contributed by atoms with Crippen LogP contribution in [0.4, 0.5) is 0 Å². The smallest absolute Gasteiger partial charge is 0.326 e. The minimum atomic E-state index is -1.06. The summed E-state index contributed by atoms with van der Waals surface area (Å²) < 4.78 is 0. The maximum atomic E-state index is 12.0. The van der Waals surface area contributed by atoms with Crippen molar-refractivity contribution in [3.63, 3.8) is 0 Å². The van der Waals surface area contributed by atoms with Crippen molar-refractivity contribution in [1.29, 1.82) is 0 Å². The highest BCUT2D eigenvalue weighted by Gasteiger charge is 2.20. The second kappa shape index (κ2) is 6.86. The van der Waals surface area contributed by atoms with Gasteiger partial charge >= 0.3 is 5.97 Å². The fraction of sp³-hybridized carbons (Fsp3) is 0.231. The van der Waals surface area contributed by atoms with Crippen molar-refractivity contribution in [3.05, 3.63) is 42.5 Å². The number of carboxylic acids is 1. The van der Waals surface area contributed by atoms with E-state index < -0.39 is 12.0 Å². The van der Waals surface area contributed by atoms with Crippen LogP contribution in [-0.2, 0) is 4.79 Å². The highest BCUT2D eigenvalue weighted by atomic mass is 32.2. The number of carbonyl (C=O) groups excluding carboxylic acids is 1. The molecule has 0 radical (unpaired) electrons. The third kappa shape index (κ3) is 3.63. The molecule has 0 aromatic heterocycles. The third-order valence-corrected chi connectivity index (χ3v) is 3.15. The van der Waals surface area contributed by atoms with Gasteiger partial charge in [0, 0.05) is 4.90 Å². The molecular weight excluding hydrogens is 250 g/mol. The number of thioether (sulfide) groups is 1. The number of benzene rings is 1. The first-order valence-electron chi connectivity index (χ1n) is 5.37. The Morgan fingerprint density at radius 2 is 2.17 bits per heavy atom. The van der Waals surface area contributed by atoms with Crippen molar-refractivity contribution in [3.8, 4) is 0 Å².